The minimum absolute atomic E-state index is 0.750. The zero-order valence-electron chi connectivity index (χ0n) is 11.2. The summed E-state index contributed by atoms with van der Waals surface area (Å²) in [6.07, 6.45) is 0.897. The second kappa shape index (κ2) is 5.72. The average molecular weight is 259 g/mol. The van der Waals surface area contributed by atoms with Crippen molar-refractivity contribution >= 4 is 12.0 Å². The van der Waals surface area contributed by atoms with Crippen molar-refractivity contribution in [3.05, 3.63) is 29.8 Å². The Kier molecular flexibility index (Phi) is 3.80. The van der Waals surface area contributed by atoms with E-state index in [2.05, 4.69) is 27.2 Å². The van der Waals surface area contributed by atoms with Gasteiger partial charge in [-0.3, -0.25) is 9.69 Å². The first-order chi connectivity index (χ1) is 9.35. The summed E-state index contributed by atoms with van der Waals surface area (Å²) in [7, 11) is 0. The van der Waals surface area contributed by atoms with E-state index in [1.54, 1.807) is 0 Å². The van der Waals surface area contributed by atoms with Gasteiger partial charge in [-0.1, -0.05) is 0 Å². The van der Waals surface area contributed by atoms with Crippen LogP contribution in [0.25, 0.3) is 0 Å². The molecule has 0 aliphatic carbocycles. The number of piperazine rings is 1. The topological polar surface area (TPSA) is 35.6 Å². The van der Waals surface area contributed by atoms with E-state index in [9.17, 15) is 4.79 Å². The van der Waals surface area contributed by atoms with Crippen LogP contribution in [0.15, 0.2) is 24.3 Å². The highest BCUT2D eigenvalue weighted by atomic mass is 16.1. The summed E-state index contributed by atoms with van der Waals surface area (Å²) in [5, 5.41) is 3.33. The van der Waals surface area contributed by atoms with Gasteiger partial charge in [0.1, 0.15) is 6.29 Å². The predicted octanol–water partition coefficient (Wildman–Crippen LogP) is 0.840. The van der Waals surface area contributed by atoms with Crippen molar-refractivity contribution in [1.82, 2.24) is 10.2 Å². The van der Waals surface area contributed by atoms with Crippen molar-refractivity contribution in [2.75, 3.05) is 50.7 Å². The van der Waals surface area contributed by atoms with Crippen LogP contribution in [0.1, 0.15) is 10.4 Å². The van der Waals surface area contributed by atoms with Crippen molar-refractivity contribution in [1.29, 1.82) is 0 Å². The summed E-state index contributed by atoms with van der Waals surface area (Å²) in [5.41, 5.74) is 1.98. The average Bonchev–Trinajstić information content (AvgIpc) is 2.44. The summed E-state index contributed by atoms with van der Waals surface area (Å²) >= 11 is 0. The van der Waals surface area contributed by atoms with Gasteiger partial charge in [0.15, 0.2) is 0 Å². The van der Waals surface area contributed by atoms with E-state index < -0.39 is 0 Å². The Morgan fingerprint density at radius 2 is 1.79 bits per heavy atom. The highest BCUT2D eigenvalue weighted by Gasteiger charge is 2.23. The standard InChI is InChI=1S/C15H21N3O/c19-12-13-1-3-15(4-2-13)18-7-5-17(6-8-18)11-14-9-16-10-14/h1-4,12,14,16H,5-11H2. The number of nitrogens with zero attached hydrogens (tertiary/aromatic N) is 2. The van der Waals surface area contributed by atoms with Gasteiger partial charge in [0.25, 0.3) is 0 Å². The lowest BCUT2D eigenvalue weighted by atomic mass is 10.0. The Hall–Kier alpha value is -1.39. The molecule has 19 heavy (non-hydrogen) atoms. The number of hydrogen-bond donors (Lipinski definition) is 1. The number of rotatable bonds is 4. The van der Waals surface area contributed by atoms with Gasteiger partial charge >= 0.3 is 0 Å². The first-order valence-corrected chi connectivity index (χ1v) is 7.08. The molecule has 1 N–H and O–H groups in total. The van der Waals surface area contributed by atoms with E-state index in [-0.39, 0.29) is 0 Å². The van der Waals surface area contributed by atoms with E-state index in [1.165, 1.54) is 25.3 Å². The fourth-order valence-electron chi connectivity index (χ4n) is 2.80. The van der Waals surface area contributed by atoms with Gasteiger partial charge in [-0.15, -0.1) is 0 Å². The smallest absolute Gasteiger partial charge is 0.150 e. The lowest BCUT2D eigenvalue weighted by molar-refractivity contribution is 0.112. The lowest BCUT2D eigenvalue weighted by Crippen LogP contribution is -2.53. The van der Waals surface area contributed by atoms with Gasteiger partial charge in [0.2, 0.25) is 0 Å². The summed E-state index contributed by atoms with van der Waals surface area (Å²) < 4.78 is 0. The molecule has 0 aromatic heterocycles. The minimum Gasteiger partial charge on any atom is -0.369 e. The number of carbonyl (C=O) groups excluding carboxylic acids is 1. The first-order valence-electron chi connectivity index (χ1n) is 7.08. The molecule has 0 atom stereocenters. The summed E-state index contributed by atoms with van der Waals surface area (Å²) in [6, 6.07) is 7.90. The van der Waals surface area contributed by atoms with Crippen molar-refractivity contribution in [2.45, 2.75) is 0 Å². The van der Waals surface area contributed by atoms with Gasteiger partial charge in [-0.05, 0) is 30.2 Å². The van der Waals surface area contributed by atoms with Crippen LogP contribution in [0.3, 0.4) is 0 Å². The Morgan fingerprint density at radius 1 is 1.11 bits per heavy atom. The van der Waals surface area contributed by atoms with Gasteiger partial charge < -0.3 is 10.2 Å². The Balaban J connectivity index is 1.52. The molecule has 2 aliphatic rings. The highest BCUT2D eigenvalue weighted by Crippen LogP contribution is 2.17. The molecule has 0 unspecified atom stereocenters. The van der Waals surface area contributed by atoms with E-state index in [0.717, 1.165) is 43.9 Å². The van der Waals surface area contributed by atoms with Gasteiger partial charge in [-0.25, -0.2) is 0 Å². The number of anilines is 1. The molecule has 1 aromatic carbocycles. The van der Waals surface area contributed by atoms with Crippen LogP contribution >= 0.6 is 0 Å². The van der Waals surface area contributed by atoms with Crippen LogP contribution in [0.2, 0.25) is 0 Å². The van der Waals surface area contributed by atoms with E-state index in [4.69, 9.17) is 0 Å². The third-order valence-electron chi connectivity index (χ3n) is 4.15. The number of carbonyl (C=O) groups is 1. The molecule has 1 aromatic rings. The maximum atomic E-state index is 10.6. The van der Waals surface area contributed by atoms with Crippen LogP contribution in [0, 0.1) is 5.92 Å². The predicted molar refractivity (Wildman–Crippen MR) is 76.8 cm³/mol. The van der Waals surface area contributed by atoms with Gasteiger partial charge in [0, 0.05) is 57.1 Å². The number of benzene rings is 1. The lowest BCUT2D eigenvalue weighted by Gasteiger charge is -2.39. The second-order valence-corrected chi connectivity index (χ2v) is 5.52. The van der Waals surface area contributed by atoms with Crippen LogP contribution in [-0.4, -0.2) is 57.0 Å². The van der Waals surface area contributed by atoms with Crippen LogP contribution in [-0.2, 0) is 0 Å². The molecule has 2 heterocycles. The van der Waals surface area contributed by atoms with E-state index >= 15 is 0 Å². The van der Waals surface area contributed by atoms with Crippen LogP contribution in [0.5, 0.6) is 0 Å². The Labute approximate surface area is 114 Å². The number of aldehydes is 1. The second-order valence-electron chi connectivity index (χ2n) is 5.52. The van der Waals surface area contributed by atoms with E-state index in [1.807, 2.05) is 12.1 Å². The summed E-state index contributed by atoms with van der Waals surface area (Å²) in [4.78, 5) is 15.6. The molecule has 0 amide bonds. The molecular formula is C15H21N3O. The van der Waals surface area contributed by atoms with Gasteiger partial charge in [-0.2, -0.15) is 0 Å². The molecule has 0 bridgehead atoms. The largest absolute Gasteiger partial charge is 0.369 e. The number of hydrogen-bond acceptors (Lipinski definition) is 4. The first kappa shape index (κ1) is 12.6. The quantitative estimate of drug-likeness (QED) is 0.813. The molecule has 0 spiro atoms. The number of nitrogens with one attached hydrogen (secondary N) is 1. The van der Waals surface area contributed by atoms with Crippen LogP contribution in [0.4, 0.5) is 5.69 Å². The van der Waals surface area contributed by atoms with Crippen molar-refractivity contribution < 1.29 is 4.79 Å². The monoisotopic (exact) mass is 259 g/mol. The van der Waals surface area contributed by atoms with E-state index in [0.29, 0.717) is 0 Å². The normalized spacial score (nSPS) is 21.2. The molecule has 4 nitrogen and oxygen atoms in total. The van der Waals surface area contributed by atoms with Gasteiger partial charge in [0.05, 0.1) is 0 Å². The maximum absolute atomic E-state index is 10.6. The molecular weight excluding hydrogens is 238 g/mol. The molecule has 2 aliphatic heterocycles. The zero-order valence-corrected chi connectivity index (χ0v) is 11.2. The van der Waals surface area contributed by atoms with Crippen LogP contribution < -0.4 is 10.2 Å². The fourth-order valence-corrected chi connectivity index (χ4v) is 2.80. The molecule has 4 heteroatoms. The summed E-state index contributed by atoms with van der Waals surface area (Å²) in [5.74, 6) is 0.860. The maximum Gasteiger partial charge on any atom is 0.150 e. The molecule has 2 saturated heterocycles. The van der Waals surface area contributed by atoms with Crippen molar-refractivity contribution in [3.8, 4) is 0 Å². The minimum atomic E-state index is 0.750. The molecule has 0 radical (unpaired) electrons. The highest BCUT2D eigenvalue weighted by molar-refractivity contribution is 5.75. The van der Waals surface area contributed by atoms with Crippen molar-refractivity contribution in [2.24, 2.45) is 5.92 Å². The molecule has 0 saturated carbocycles. The molecule has 2 fully saturated rings. The van der Waals surface area contributed by atoms with Crippen molar-refractivity contribution in [3.63, 3.8) is 0 Å². The summed E-state index contributed by atoms with van der Waals surface area (Å²) in [6.45, 7) is 8.07. The SMILES string of the molecule is O=Cc1ccc(N2CCN(CC3CNC3)CC2)cc1. The Morgan fingerprint density at radius 3 is 2.32 bits per heavy atom. The fraction of sp³-hybridized carbons (Fsp3) is 0.533. The molecule has 102 valence electrons. The third kappa shape index (κ3) is 2.96. The molecule has 3 rings (SSSR count). The third-order valence-corrected chi connectivity index (χ3v) is 4.15. The zero-order chi connectivity index (χ0) is 13.1. The Bertz CT molecular complexity index is 420.